The smallest absolute Gasteiger partial charge is 0.130 e. The summed E-state index contributed by atoms with van der Waals surface area (Å²) in [5.74, 6) is 0.510. The second-order valence-corrected chi connectivity index (χ2v) is 4.27. The van der Waals surface area contributed by atoms with E-state index in [2.05, 4.69) is 0 Å². The van der Waals surface area contributed by atoms with E-state index < -0.39 is 0 Å². The van der Waals surface area contributed by atoms with Crippen LogP contribution in [0.2, 0.25) is 0 Å². The largest absolute Gasteiger partial charge is 0.300 e. The van der Waals surface area contributed by atoms with Crippen LogP contribution in [0.4, 0.5) is 0 Å². The van der Waals surface area contributed by atoms with Crippen molar-refractivity contribution in [3.8, 4) is 6.07 Å². The van der Waals surface area contributed by atoms with Crippen molar-refractivity contribution >= 4 is 5.78 Å². The highest BCUT2D eigenvalue weighted by Crippen LogP contribution is 2.29. The summed E-state index contributed by atoms with van der Waals surface area (Å²) in [5, 5.41) is 8.55. The molecule has 0 aliphatic heterocycles. The number of carbonyl (C=O) groups is 1. The molecule has 2 atom stereocenters. The lowest BCUT2D eigenvalue weighted by Gasteiger charge is -2.20. The Morgan fingerprint density at radius 1 is 1.41 bits per heavy atom. The number of hydrogen-bond acceptors (Lipinski definition) is 2. The van der Waals surface area contributed by atoms with E-state index in [1.807, 2.05) is 49.4 Å². The molecule has 0 bridgehead atoms. The molecular weight excluding hydrogens is 210 g/mol. The first-order valence-corrected chi connectivity index (χ1v) is 5.75. The molecule has 1 rings (SSSR count). The van der Waals surface area contributed by atoms with Crippen molar-refractivity contribution in [3.63, 3.8) is 0 Å². The average molecular weight is 227 g/mol. The topological polar surface area (TPSA) is 40.9 Å². The number of ketones is 1. The number of allylic oxidation sites excluding steroid dienone is 2. The molecule has 0 radical (unpaired) electrons. The summed E-state index contributed by atoms with van der Waals surface area (Å²) < 4.78 is 0. The minimum atomic E-state index is 0.151. The maximum absolute atomic E-state index is 11.3. The van der Waals surface area contributed by atoms with Crippen LogP contribution in [-0.2, 0) is 4.79 Å². The highest BCUT2D eigenvalue weighted by molar-refractivity contribution is 5.76. The predicted molar refractivity (Wildman–Crippen MR) is 68.4 cm³/mol. The van der Waals surface area contributed by atoms with E-state index in [4.69, 9.17) is 5.26 Å². The van der Waals surface area contributed by atoms with E-state index in [9.17, 15) is 4.79 Å². The first-order chi connectivity index (χ1) is 8.15. The molecule has 88 valence electrons. The van der Waals surface area contributed by atoms with E-state index in [1.54, 1.807) is 6.92 Å². The third-order valence-corrected chi connectivity index (χ3v) is 2.84. The van der Waals surface area contributed by atoms with Gasteiger partial charge in [-0.1, -0.05) is 43.3 Å². The Labute approximate surface area is 103 Å². The Kier molecular flexibility index (Phi) is 5.16. The van der Waals surface area contributed by atoms with E-state index in [-0.39, 0.29) is 17.6 Å². The summed E-state index contributed by atoms with van der Waals surface area (Å²) in [6.45, 7) is 3.64. The molecule has 0 saturated heterocycles. The summed E-state index contributed by atoms with van der Waals surface area (Å²) in [6, 6.07) is 12.0. The number of nitriles is 1. The number of rotatable bonds is 5. The van der Waals surface area contributed by atoms with Gasteiger partial charge in [-0.2, -0.15) is 5.26 Å². The van der Waals surface area contributed by atoms with Crippen molar-refractivity contribution in [2.24, 2.45) is 5.92 Å². The highest BCUT2D eigenvalue weighted by Gasteiger charge is 2.18. The quantitative estimate of drug-likeness (QED) is 0.723. The lowest BCUT2D eigenvalue weighted by Crippen LogP contribution is -2.11. The Balaban J connectivity index is 2.92. The second-order valence-electron chi connectivity index (χ2n) is 4.27. The van der Waals surface area contributed by atoms with Gasteiger partial charge in [0.25, 0.3) is 0 Å². The standard InChI is InChI=1S/C15H17NO/c1-12(7-6-10-16)15(11-13(2)17)14-8-4-3-5-9-14/h3-9,12,15H,11H2,1-2H3/b7-6+/t12-,15-/m1/s1. The minimum absolute atomic E-state index is 0.151. The molecule has 2 heteroatoms. The summed E-state index contributed by atoms with van der Waals surface area (Å²) in [5.41, 5.74) is 1.15. The normalized spacial score (nSPS) is 14.2. The molecule has 0 N–H and O–H groups in total. The van der Waals surface area contributed by atoms with Gasteiger partial charge in [0.2, 0.25) is 0 Å². The van der Waals surface area contributed by atoms with Crippen LogP contribution in [0.3, 0.4) is 0 Å². The van der Waals surface area contributed by atoms with Crippen LogP contribution < -0.4 is 0 Å². The number of Topliss-reactive ketones (excluding diaryl/α,β-unsaturated/α-hetero) is 1. The molecule has 0 fully saturated rings. The van der Waals surface area contributed by atoms with E-state index in [0.29, 0.717) is 6.42 Å². The maximum Gasteiger partial charge on any atom is 0.130 e. The molecule has 0 aliphatic carbocycles. The SMILES string of the molecule is CC(=O)C[C@@H](c1ccccc1)[C@H](C)/C=C/C#N. The van der Waals surface area contributed by atoms with E-state index in [1.165, 1.54) is 6.08 Å². The van der Waals surface area contributed by atoms with Crippen LogP contribution in [-0.4, -0.2) is 5.78 Å². The van der Waals surface area contributed by atoms with Crippen molar-refractivity contribution in [1.29, 1.82) is 5.26 Å². The first kappa shape index (κ1) is 13.2. The lowest BCUT2D eigenvalue weighted by atomic mass is 9.83. The average Bonchev–Trinajstić information content (AvgIpc) is 2.34. The highest BCUT2D eigenvalue weighted by atomic mass is 16.1. The van der Waals surface area contributed by atoms with Crippen LogP contribution in [0.1, 0.15) is 31.7 Å². The molecule has 2 nitrogen and oxygen atoms in total. The van der Waals surface area contributed by atoms with Crippen molar-refractivity contribution in [2.45, 2.75) is 26.2 Å². The number of nitrogens with zero attached hydrogens (tertiary/aromatic N) is 1. The maximum atomic E-state index is 11.3. The van der Waals surface area contributed by atoms with Crippen molar-refractivity contribution < 1.29 is 4.79 Å². The van der Waals surface area contributed by atoms with Crippen LogP contribution in [0.25, 0.3) is 0 Å². The van der Waals surface area contributed by atoms with Gasteiger partial charge >= 0.3 is 0 Å². The Morgan fingerprint density at radius 2 is 2.06 bits per heavy atom. The van der Waals surface area contributed by atoms with E-state index in [0.717, 1.165) is 5.56 Å². The molecule has 0 heterocycles. The molecule has 0 saturated carbocycles. The third-order valence-electron chi connectivity index (χ3n) is 2.84. The van der Waals surface area contributed by atoms with Crippen LogP contribution in [0.5, 0.6) is 0 Å². The van der Waals surface area contributed by atoms with Gasteiger partial charge in [-0.15, -0.1) is 0 Å². The fourth-order valence-corrected chi connectivity index (χ4v) is 1.95. The molecule has 17 heavy (non-hydrogen) atoms. The zero-order valence-corrected chi connectivity index (χ0v) is 10.3. The van der Waals surface area contributed by atoms with Gasteiger partial charge in [0, 0.05) is 12.5 Å². The monoisotopic (exact) mass is 227 g/mol. The van der Waals surface area contributed by atoms with Gasteiger partial charge < -0.3 is 4.79 Å². The molecule has 0 amide bonds. The second kappa shape index (κ2) is 6.65. The molecule has 1 aromatic carbocycles. The molecular formula is C15H17NO. The number of carbonyl (C=O) groups excluding carboxylic acids is 1. The van der Waals surface area contributed by atoms with Gasteiger partial charge in [-0.3, -0.25) is 0 Å². The summed E-state index contributed by atoms with van der Waals surface area (Å²) in [4.78, 5) is 11.3. The Morgan fingerprint density at radius 3 is 2.59 bits per heavy atom. The Hall–Kier alpha value is -1.88. The molecule has 0 aromatic heterocycles. The summed E-state index contributed by atoms with van der Waals surface area (Å²) >= 11 is 0. The van der Waals surface area contributed by atoms with Crippen molar-refractivity contribution in [3.05, 3.63) is 48.0 Å². The van der Waals surface area contributed by atoms with Gasteiger partial charge in [-0.25, -0.2) is 0 Å². The van der Waals surface area contributed by atoms with Crippen LogP contribution >= 0.6 is 0 Å². The van der Waals surface area contributed by atoms with E-state index >= 15 is 0 Å². The third kappa shape index (κ3) is 4.24. The summed E-state index contributed by atoms with van der Waals surface area (Å²) in [7, 11) is 0. The van der Waals surface area contributed by atoms with Crippen LogP contribution in [0.15, 0.2) is 42.5 Å². The summed E-state index contributed by atoms with van der Waals surface area (Å²) in [6.07, 6.45) is 3.86. The number of benzene rings is 1. The molecule has 0 spiro atoms. The zero-order valence-electron chi connectivity index (χ0n) is 10.3. The van der Waals surface area contributed by atoms with Crippen LogP contribution in [0, 0.1) is 17.2 Å². The fourth-order valence-electron chi connectivity index (χ4n) is 1.95. The predicted octanol–water partition coefficient (Wildman–Crippen LogP) is 3.47. The van der Waals surface area contributed by atoms with Gasteiger partial charge in [-0.05, 0) is 24.3 Å². The lowest BCUT2D eigenvalue weighted by molar-refractivity contribution is -0.117. The van der Waals surface area contributed by atoms with Gasteiger partial charge in [0.15, 0.2) is 0 Å². The van der Waals surface area contributed by atoms with Crippen molar-refractivity contribution in [2.75, 3.05) is 0 Å². The first-order valence-electron chi connectivity index (χ1n) is 5.75. The van der Waals surface area contributed by atoms with Gasteiger partial charge in [0.1, 0.15) is 5.78 Å². The zero-order chi connectivity index (χ0) is 12.7. The molecule has 0 unspecified atom stereocenters. The number of hydrogen-bond donors (Lipinski definition) is 0. The van der Waals surface area contributed by atoms with Crippen molar-refractivity contribution in [1.82, 2.24) is 0 Å². The molecule has 1 aromatic rings. The van der Waals surface area contributed by atoms with Gasteiger partial charge in [0.05, 0.1) is 6.07 Å². The fraction of sp³-hybridized carbons (Fsp3) is 0.333. The Bertz CT molecular complexity index is 428. The molecule has 0 aliphatic rings. The minimum Gasteiger partial charge on any atom is -0.300 e.